The molecule has 0 saturated carbocycles. The summed E-state index contributed by atoms with van der Waals surface area (Å²) in [7, 11) is 0. The van der Waals surface area contributed by atoms with E-state index in [1.54, 1.807) is 0 Å². The topological polar surface area (TPSA) is 121 Å². The van der Waals surface area contributed by atoms with E-state index >= 15 is 0 Å². The van der Waals surface area contributed by atoms with Crippen LogP contribution in [0.4, 0.5) is 5.69 Å². The van der Waals surface area contributed by atoms with Crippen LogP contribution in [0.15, 0.2) is 28.2 Å². The summed E-state index contributed by atoms with van der Waals surface area (Å²) in [6.45, 7) is 5.07. The van der Waals surface area contributed by atoms with Gasteiger partial charge in [-0.15, -0.1) is 0 Å². The Morgan fingerprint density at radius 2 is 2.00 bits per heavy atom. The van der Waals surface area contributed by atoms with E-state index < -0.39 is 0 Å². The highest BCUT2D eigenvalue weighted by molar-refractivity contribution is 5.94. The number of benzene rings is 1. The van der Waals surface area contributed by atoms with Crippen molar-refractivity contribution in [3.8, 4) is 0 Å². The Kier molecular flexibility index (Phi) is 3.88. The van der Waals surface area contributed by atoms with Crippen LogP contribution in [0, 0.1) is 0 Å². The van der Waals surface area contributed by atoms with Gasteiger partial charge in [-0.2, -0.15) is 4.99 Å². The Balaban J connectivity index is 2.47. The molecule has 0 aliphatic rings. The van der Waals surface area contributed by atoms with Crippen LogP contribution >= 0.6 is 0 Å². The van der Waals surface area contributed by atoms with Crippen LogP contribution in [0.5, 0.6) is 0 Å². The molecule has 1 aromatic heterocycles. The molecule has 0 bridgehead atoms. The zero-order valence-electron chi connectivity index (χ0n) is 11.7. The average molecular weight is 273 g/mol. The summed E-state index contributed by atoms with van der Waals surface area (Å²) in [5.41, 5.74) is 18.8. The number of hydrogen-bond acceptors (Lipinski definition) is 2. The van der Waals surface area contributed by atoms with Gasteiger partial charge in [-0.3, -0.25) is 0 Å². The summed E-state index contributed by atoms with van der Waals surface area (Å²) >= 11 is 0. The van der Waals surface area contributed by atoms with Crippen molar-refractivity contribution in [2.45, 2.75) is 26.8 Å². The van der Waals surface area contributed by atoms with Crippen LogP contribution < -0.4 is 17.2 Å². The standard InChI is InChI=1S/C13H19N7/c1-3-11-18-9-7-8(17-13(16)19-12(14)15)5-6-10(9)20(11)4-2/h5-7H,3-4H2,1-2H3,(H6,14,15,16,17,19). The quantitative estimate of drug-likeness (QED) is 0.566. The summed E-state index contributed by atoms with van der Waals surface area (Å²) in [6, 6.07) is 5.72. The fraction of sp³-hybridized carbons (Fsp3) is 0.308. The molecule has 1 aromatic carbocycles. The molecule has 0 aliphatic carbocycles. The molecule has 0 amide bonds. The first-order chi connectivity index (χ1) is 9.55. The van der Waals surface area contributed by atoms with Crippen LogP contribution in [0.3, 0.4) is 0 Å². The number of fused-ring (bicyclic) bond motifs is 1. The molecule has 7 heteroatoms. The van der Waals surface area contributed by atoms with Crippen molar-refractivity contribution in [3.63, 3.8) is 0 Å². The fourth-order valence-corrected chi connectivity index (χ4v) is 2.15. The number of nitrogens with two attached hydrogens (primary N) is 3. The van der Waals surface area contributed by atoms with Crippen LogP contribution in [-0.2, 0) is 13.0 Å². The van der Waals surface area contributed by atoms with Crippen molar-refractivity contribution in [2.24, 2.45) is 27.2 Å². The fourth-order valence-electron chi connectivity index (χ4n) is 2.15. The second kappa shape index (κ2) is 5.60. The molecule has 106 valence electrons. The normalized spacial score (nSPS) is 11.8. The minimum absolute atomic E-state index is 0.0231. The van der Waals surface area contributed by atoms with Crippen LogP contribution in [-0.4, -0.2) is 21.5 Å². The first-order valence-electron chi connectivity index (χ1n) is 6.48. The lowest BCUT2D eigenvalue weighted by Crippen LogP contribution is -2.26. The third-order valence-electron chi connectivity index (χ3n) is 2.93. The maximum absolute atomic E-state index is 5.62. The first kappa shape index (κ1) is 13.9. The molecule has 2 rings (SSSR count). The Bertz CT molecular complexity index is 677. The van der Waals surface area contributed by atoms with Crippen molar-refractivity contribution < 1.29 is 0 Å². The number of hydrogen-bond donors (Lipinski definition) is 3. The van der Waals surface area contributed by atoms with E-state index in [0.717, 1.165) is 29.8 Å². The van der Waals surface area contributed by atoms with E-state index in [-0.39, 0.29) is 11.9 Å². The van der Waals surface area contributed by atoms with Gasteiger partial charge in [-0.25, -0.2) is 9.98 Å². The van der Waals surface area contributed by atoms with Crippen molar-refractivity contribution >= 4 is 28.6 Å². The largest absolute Gasteiger partial charge is 0.370 e. The van der Waals surface area contributed by atoms with Crippen LogP contribution in [0.1, 0.15) is 19.7 Å². The number of aliphatic imine (C=N–C) groups is 2. The molecule has 0 atom stereocenters. The number of guanidine groups is 2. The molecule has 6 N–H and O–H groups in total. The van der Waals surface area contributed by atoms with Gasteiger partial charge < -0.3 is 21.8 Å². The molecule has 0 saturated heterocycles. The Labute approximate surface area is 117 Å². The predicted molar refractivity (Wildman–Crippen MR) is 81.9 cm³/mol. The van der Waals surface area contributed by atoms with E-state index in [9.17, 15) is 0 Å². The molecule has 0 spiro atoms. The molecule has 2 aromatic rings. The predicted octanol–water partition coefficient (Wildman–Crippen LogP) is 0.838. The summed E-state index contributed by atoms with van der Waals surface area (Å²) in [5, 5.41) is 0. The van der Waals surface area contributed by atoms with E-state index in [1.165, 1.54) is 0 Å². The van der Waals surface area contributed by atoms with E-state index in [0.29, 0.717) is 5.69 Å². The molecule has 20 heavy (non-hydrogen) atoms. The molecule has 0 fully saturated rings. The third-order valence-corrected chi connectivity index (χ3v) is 2.93. The first-order valence-corrected chi connectivity index (χ1v) is 6.48. The summed E-state index contributed by atoms with van der Waals surface area (Å²) in [4.78, 5) is 12.4. The van der Waals surface area contributed by atoms with E-state index in [2.05, 4.69) is 33.4 Å². The molecule has 0 unspecified atom stereocenters. The van der Waals surface area contributed by atoms with Crippen molar-refractivity contribution in [1.29, 1.82) is 0 Å². The van der Waals surface area contributed by atoms with Gasteiger partial charge in [-0.1, -0.05) is 6.92 Å². The maximum Gasteiger partial charge on any atom is 0.223 e. The third kappa shape index (κ3) is 2.71. The van der Waals surface area contributed by atoms with Gasteiger partial charge in [-0.05, 0) is 25.1 Å². The Hall–Kier alpha value is -2.57. The second-order valence-corrected chi connectivity index (χ2v) is 4.31. The number of aryl methyl sites for hydroxylation is 2. The number of aromatic nitrogens is 2. The van der Waals surface area contributed by atoms with Crippen molar-refractivity contribution in [2.75, 3.05) is 0 Å². The monoisotopic (exact) mass is 273 g/mol. The van der Waals surface area contributed by atoms with Gasteiger partial charge in [0.1, 0.15) is 5.82 Å². The molecular weight excluding hydrogens is 254 g/mol. The lowest BCUT2D eigenvalue weighted by atomic mass is 10.3. The lowest BCUT2D eigenvalue weighted by Gasteiger charge is -2.03. The summed E-state index contributed by atoms with van der Waals surface area (Å²) < 4.78 is 2.18. The second-order valence-electron chi connectivity index (χ2n) is 4.31. The van der Waals surface area contributed by atoms with Gasteiger partial charge in [0.05, 0.1) is 16.7 Å². The minimum atomic E-state index is -0.115. The average Bonchev–Trinajstić information content (AvgIpc) is 2.74. The molecule has 0 aliphatic heterocycles. The molecule has 7 nitrogen and oxygen atoms in total. The summed E-state index contributed by atoms with van der Waals surface area (Å²) in [5.74, 6) is 0.965. The molecule has 1 heterocycles. The Morgan fingerprint density at radius 1 is 1.25 bits per heavy atom. The highest BCUT2D eigenvalue weighted by atomic mass is 15.1. The molecular formula is C13H19N7. The van der Waals surface area contributed by atoms with Gasteiger partial charge in [0, 0.05) is 13.0 Å². The van der Waals surface area contributed by atoms with Crippen LogP contribution in [0.25, 0.3) is 11.0 Å². The van der Waals surface area contributed by atoms with E-state index in [4.69, 9.17) is 17.2 Å². The van der Waals surface area contributed by atoms with Gasteiger partial charge in [0.25, 0.3) is 0 Å². The smallest absolute Gasteiger partial charge is 0.223 e. The van der Waals surface area contributed by atoms with Gasteiger partial charge >= 0.3 is 0 Å². The lowest BCUT2D eigenvalue weighted by molar-refractivity contribution is 0.726. The zero-order chi connectivity index (χ0) is 14.7. The van der Waals surface area contributed by atoms with Crippen molar-refractivity contribution in [3.05, 3.63) is 24.0 Å². The number of imidazole rings is 1. The molecule has 0 radical (unpaired) electrons. The Morgan fingerprint density at radius 3 is 2.60 bits per heavy atom. The van der Waals surface area contributed by atoms with Gasteiger partial charge in [0.15, 0.2) is 5.96 Å². The highest BCUT2D eigenvalue weighted by Gasteiger charge is 2.08. The number of nitrogens with zero attached hydrogens (tertiary/aromatic N) is 4. The summed E-state index contributed by atoms with van der Waals surface area (Å²) in [6.07, 6.45) is 0.886. The van der Waals surface area contributed by atoms with E-state index in [1.807, 2.05) is 18.2 Å². The highest BCUT2D eigenvalue weighted by Crippen LogP contribution is 2.22. The number of rotatable bonds is 3. The van der Waals surface area contributed by atoms with Crippen molar-refractivity contribution in [1.82, 2.24) is 9.55 Å². The minimum Gasteiger partial charge on any atom is -0.370 e. The SMILES string of the molecule is CCc1nc2cc(N=C(N)N=C(N)N)ccc2n1CC. The van der Waals surface area contributed by atoms with Crippen LogP contribution in [0.2, 0.25) is 0 Å². The maximum atomic E-state index is 5.62. The zero-order valence-corrected chi connectivity index (χ0v) is 11.7. The van der Waals surface area contributed by atoms with Gasteiger partial charge in [0.2, 0.25) is 5.96 Å².